The maximum absolute atomic E-state index is 12.2. The van der Waals surface area contributed by atoms with E-state index in [1.54, 1.807) is 0 Å². The molecule has 0 atom stereocenters. The van der Waals surface area contributed by atoms with Crippen LogP contribution in [-0.2, 0) is 17.8 Å². The fourth-order valence-corrected chi connectivity index (χ4v) is 3.18. The second-order valence-electron chi connectivity index (χ2n) is 6.87. The highest BCUT2D eigenvalue weighted by atomic mass is 16.1. The maximum Gasteiger partial charge on any atom is 0.225 e. The SMILES string of the molecule is CC(C)c1ccc(NC(=O)CCN2CCc3ccccc3C2)cc1. The lowest BCUT2D eigenvalue weighted by Crippen LogP contribution is -2.33. The van der Waals surface area contributed by atoms with Crippen molar-refractivity contribution in [1.82, 2.24) is 4.90 Å². The number of nitrogens with zero attached hydrogens (tertiary/aromatic N) is 1. The van der Waals surface area contributed by atoms with Gasteiger partial charge in [0.1, 0.15) is 0 Å². The molecule has 0 aliphatic carbocycles. The zero-order valence-electron chi connectivity index (χ0n) is 14.6. The zero-order valence-corrected chi connectivity index (χ0v) is 14.6. The largest absolute Gasteiger partial charge is 0.326 e. The lowest BCUT2D eigenvalue weighted by atomic mass is 10.00. The molecule has 1 heterocycles. The number of rotatable bonds is 5. The molecule has 0 fully saturated rings. The first-order chi connectivity index (χ1) is 11.6. The van der Waals surface area contributed by atoms with E-state index in [4.69, 9.17) is 0 Å². The van der Waals surface area contributed by atoms with E-state index >= 15 is 0 Å². The minimum atomic E-state index is 0.0890. The molecular weight excluding hydrogens is 296 g/mol. The molecule has 126 valence electrons. The molecule has 0 saturated heterocycles. The summed E-state index contributed by atoms with van der Waals surface area (Å²) in [4.78, 5) is 14.5. The molecular formula is C21H26N2O. The van der Waals surface area contributed by atoms with Gasteiger partial charge in [0.05, 0.1) is 0 Å². The average Bonchev–Trinajstić information content (AvgIpc) is 2.60. The van der Waals surface area contributed by atoms with Crippen LogP contribution >= 0.6 is 0 Å². The van der Waals surface area contributed by atoms with Crippen molar-refractivity contribution in [3.8, 4) is 0 Å². The van der Waals surface area contributed by atoms with Gasteiger partial charge < -0.3 is 5.32 Å². The van der Waals surface area contributed by atoms with E-state index < -0.39 is 0 Å². The first-order valence-electron chi connectivity index (χ1n) is 8.81. The first kappa shape index (κ1) is 16.7. The highest BCUT2D eigenvalue weighted by Gasteiger charge is 2.16. The van der Waals surface area contributed by atoms with Crippen molar-refractivity contribution in [2.24, 2.45) is 0 Å². The number of carbonyl (C=O) groups excluding carboxylic acids is 1. The molecule has 1 aliphatic heterocycles. The van der Waals surface area contributed by atoms with Crippen LogP contribution in [0, 0.1) is 0 Å². The third-order valence-corrected chi connectivity index (χ3v) is 4.73. The summed E-state index contributed by atoms with van der Waals surface area (Å²) >= 11 is 0. The minimum absolute atomic E-state index is 0.0890. The third-order valence-electron chi connectivity index (χ3n) is 4.73. The van der Waals surface area contributed by atoms with Gasteiger partial charge in [-0.2, -0.15) is 0 Å². The Kier molecular flexibility index (Phi) is 5.31. The van der Waals surface area contributed by atoms with Gasteiger partial charge >= 0.3 is 0 Å². The molecule has 1 N–H and O–H groups in total. The molecule has 2 aromatic rings. The standard InChI is InChI=1S/C21H26N2O/c1-16(2)17-7-9-20(10-8-17)22-21(24)12-14-23-13-11-18-5-3-4-6-19(18)15-23/h3-10,16H,11-15H2,1-2H3,(H,22,24). The van der Waals surface area contributed by atoms with Gasteiger partial charge in [0.25, 0.3) is 0 Å². The van der Waals surface area contributed by atoms with Crippen molar-refractivity contribution < 1.29 is 4.79 Å². The normalized spacial score (nSPS) is 14.5. The second-order valence-corrected chi connectivity index (χ2v) is 6.87. The van der Waals surface area contributed by atoms with Crippen LogP contribution in [0.3, 0.4) is 0 Å². The van der Waals surface area contributed by atoms with Crippen molar-refractivity contribution in [1.29, 1.82) is 0 Å². The van der Waals surface area contributed by atoms with Crippen LogP contribution in [0.4, 0.5) is 5.69 Å². The number of anilines is 1. The van der Waals surface area contributed by atoms with E-state index in [1.165, 1.54) is 16.7 Å². The van der Waals surface area contributed by atoms with Gasteiger partial charge in [-0.25, -0.2) is 0 Å². The van der Waals surface area contributed by atoms with Crippen LogP contribution < -0.4 is 5.32 Å². The first-order valence-corrected chi connectivity index (χ1v) is 8.81. The number of hydrogen-bond acceptors (Lipinski definition) is 2. The summed E-state index contributed by atoms with van der Waals surface area (Å²) in [5.41, 5.74) is 5.02. The molecule has 0 bridgehead atoms. The Bertz CT molecular complexity index is 691. The molecule has 0 aromatic heterocycles. The Hall–Kier alpha value is -2.13. The van der Waals surface area contributed by atoms with E-state index in [0.29, 0.717) is 12.3 Å². The summed E-state index contributed by atoms with van der Waals surface area (Å²) in [6, 6.07) is 16.7. The van der Waals surface area contributed by atoms with E-state index in [0.717, 1.165) is 31.7 Å². The Morgan fingerprint density at radius 3 is 2.50 bits per heavy atom. The highest BCUT2D eigenvalue weighted by molar-refractivity contribution is 5.90. The van der Waals surface area contributed by atoms with E-state index in [-0.39, 0.29) is 5.91 Å². The fraction of sp³-hybridized carbons (Fsp3) is 0.381. The van der Waals surface area contributed by atoms with Gasteiger partial charge in [-0.1, -0.05) is 50.2 Å². The Morgan fingerprint density at radius 2 is 1.79 bits per heavy atom. The number of nitrogens with one attached hydrogen (secondary N) is 1. The average molecular weight is 322 g/mol. The molecule has 3 nitrogen and oxygen atoms in total. The summed E-state index contributed by atoms with van der Waals surface area (Å²) in [5.74, 6) is 0.600. The topological polar surface area (TPSA) is 32.3 Å². The van der Waals surface area contributed by atoms with Crippen LogP contribution in [0.2, 0.25) is 0 Å². The number of amides is 1. The zero-order chi connectivity index (χ0) is 16.9. The van der Waals surface area contributed by atoms with Crippen molar-refractivity contribution in [3.63, 3.8) is 0 Å². The van der Waals surface area contributed by atoms with Crippen LogP contribution in [0.5, 0.6) is 0 Å². The second kappa shape index (κ2) is 7.63. The minimum Gasteiger partial charge on any atom is -0.326 e. The van der Waals surface area contributed by atoms with Gasteiger partial charge in [-0.15, -0.1) is 0 Å². The summed E-state index contributed by atoms with van der Waals surface area (Å²) in [7, 11) is 0. The molecule has 0 spiro atoms. The van der Waals surface area contributed by atoms with Crippen LogP contribution in [0.15, 0.2) is 48.5 Å². The number of benzene rings is 2. The number of fused-ring (bicyclic) bond motifs is 1. The van der Waals surface area contributed by atoms with E-state index in [1.807, 2.05) is 12.1 Å². The van der Waals surface area contributed by atoms with Crippen molar-refractivity contribution in [2.45, 2.75) is 39.2 Å². The van der Waals surface area contributed by atoms with Crippen LogP contribution in [-0.4, -0.2) is 23.9 Å². The van der Waals surface area contributed by atoms with E-state index in [2.05, 4.69) is 60.5 Å². The maximum atomic E-state index is 12.2. The number of hydrogen-bond donors (Lipinski definition) is 1. The van der Waals surface area contributed by atoms with E-state index in [9.17, 15) is 4.79 Å². The van der Waals surface area contributed by atoms with Crippen LogP contribution in [0.1, 0.15) is 42.9 Å². The molecule has 3 heteroatoms. The van der Waals surface area contributed by atoms with Crippen LogP contribution in [0.25, 0.3) is 0 Å². The molecule has 0 radical (unpaired) electrons. The van der Waals surface area contributed by atoms with Gasteiger partial charge in [-0.05, 0) is 41.2 Å². The van der Waals surface area contributed by atoms with Crippen molar-refractivity contribution >= 4 is 11.6 Å². The molecule has 0 saturated carbocycles. The van der Waals surface area contributed by atoms with Gasteiger partial charge in [-0.3, -0.25) is 9.69 Å². The Morgan fingerprint density at radius 1 is 1.08 bits per heavy atom. The van der Waals surface area contributed by atoms with Gasteiger partial charge in [0.15, 0.2) is 0 Å². The molecule has 1 amide bonds. The molecule has 3 rings (SSSR count). The van der Waals surface area contributed by atoms with Crippen molar-refractivity contribution in [3.05, 3.63) is 65.2 Å². The fourth-order valence-electron chi connectivity index (χ4n) is 3.18. The third kappa shape index (κ3) is 4.24. The Balaban J connectivity index is 1.48. The Labute approximate surface area is 144 Å². The lowest BCUT2D eigenvalue weighted by Gasteiger charge is -2.28. The summed E-state index contributed by atoms with van der Waals surface area (Å²) in [6.45, 7) is 7.14. The quantitative estimate of drug-likeness (QED) is 0.895. The smallest absolute Gasteiger partial charge is 0.225 e. The molecule has 1 aliphatic rings. The lowest BCUT2D eigenvalue weighted by molar-refractivity contribution is -0.116. The summed E-state index contributed by atoms with van der Waals surface area (Å²) < 4.78 is 0. The molecule has 0 unspecified atom stereocenters. The monoisotopic (exact) mass is 322 g/mol. The predicted octanol–water partition coefficient (Wildman–Crippen LogP) is 4.20. The van der Waals surface area contributed by atoms with Gasteiger partial charge in [0, 0.05) is 31.7 Å². The molecule has 24 heavy (non-hydrogen) atoms. The molecule has 2 aromatic carbocycles. The highest BCUT2D eigenvalue weighted by Crippen LogP contribution is 2.19. The predicted molar refractivity (Wildman–Crippen MR) is 99.2 cm³/mol. The number of carbonyl (C=O) groups is 1. The van der Waals surface area contributed by atoms with Gasteiger partial charge in [0.2, 0.25) is 5.91 Å². The van der Waals surface area contributed by atoms with Crippen molar-refractivity contribution in [2.75, 3.05) is 18.4 Å². The summed E-state index contributed by atoms with van der Waals surface area (Å²) in [6.07, 6.45) is 1.61. The summed E-state index contributed by atoms with van der Waals surface area (Å²) in [5, 5.41) is 3.00.